The van der Waals surface area contributed by atoms with Crippen molar-refractivity contribution < 1.29 is 14.7 Å². The lowest BCUT2D eigenvalue weighted by atomic mass is 10.3. The van der Waals surface area contributed by atoms with Crippen LogP contribution >= 0.6 is 11.3 Å². The number of oxime groups is 1. The number of ether oxygens (including phenoxy) is 1. The molecule has 0 aliphatic heterocycles. The van der Waals surface area contributed by atoms with Crippen LogP contribution in [0.4, 0.5) is 5.82 Å². The quantitative estimate of drug-likeness (QED) is 0.334. The van der Waals surface area contributed by atoms with Gasteiger partial charge in [-0.2, -0.15) is 5.10 Å². The minimum absolute atomic E-state index is 0.133. The second-order valence-corrected chi connectivity index (χ2v) is 4.70. The fraction of sp³-hybridized carbons (Fsp3) is 0.182. The van der Waals surface area contributed by atoms with Crippen molar-refractivity contribution in [1.82, 2.24) is 9.78 Å². The van der Waals surface area contributed by atoms with E-state index in [9.17, 15) is 4.79 Å². The molecule has 0 saturated carbocycles. The molecule has 20 heavy (non-hydrogen) atoms. The first-order valence-corrected chi connectivity index (χ1v) is 6.39. The van der Waals surface area contributed by atoms with Gasteiger partial charge in [0.2, 0.25) is 0 Å². The average molecular weight is 295 g/mol. The number of nitrogens with zero attached hydrogens (tertiary/aromatic N) is 3. The van der Waals surface area contributed by atoms with E-state index >= 15 is 0 Å². The van der Waals surface area contributed by atoms with Gasteiger partial charge in [-0.05, 0) is 11.4 Å². The van der Waals surface area contributed by atoms with Crippen LogP contribution in [0.1, 0.15) is 15.2 Å². The lowest BCUT2D eigenvalue weighted by Gasteiger charge is -2.08. The standard InChI is InChI=1S/C11H13N5O3S/c1-16-10(6(5-13-16)9(12)15-18)14-11(17)8-7(19-2)3-4-20-8/h3-5,18H,1-2H3,(H2,12,15)(H,14,17). The molecule has 9 heteroatoms. The Morgan fingerprint density at radius 1 is 1.65 bits per heavy atom. The number of hydrogen-bond acceptors (Lipinski definition) is 6. The predicted molar refractivity (Wildman–Crippen MR) is 74.5 cm³/mol. The number of methoxy groups -OCH3 is 1. The first-order valence-electron chi connectivity index (χ1n) is 5.51. The zero-order chi connectivity index (χ0) is 14.7. The van der Waals surface area contributed by atoms with Gasteiger partial charge in [0.05, 0.1) is 18.9 Å². The summed E-state index contributed by atoms with van der Waals surface area (Å²) in [4.78, 5) is 12.6. The molecular formula is C11H13N5O3S. The number of rotatable bonds is 4. The zero-order valence-corrected chi connectivity index (χ0v) is 11.6. The number of nitrogens with one attached hydrogen (secondary N) is 1. The summed E-state index contributed by atoms with van der Waals surface area (Å²) in [5.74, 6) is 0.333. The molecule has 106 valence electrons. The van der Waals surface area contributed by atoms with Crippen LogP contribution in [0, 0.1) is 0 Å². The van der Waals surface area contributed by atoms with Gasteiger partial charge >= 0.3 is 0 Å². The van der Waals surface area contributed by atoms with E-state index in [4.69, 9.17) is 15.7 Å². The third-order valence-electron chi connectivity index (χ3n) is 2.61. The van der Waals surface area contributed by atoms with Crippen molar-refractivity contribution >= 4 is 28.9 Å². The normalized spacial score (nSPS) is 11.4. The highest BCUT2D eigenvalue weighted by molar-refractivity contribution is 7.12. The number of aryl methyl sites for hydroxylation is 1. The summed E-state index contributed by atoms with van der Waals surface area (Å²) < 4.78 is 6.52. The van der Waals surface area contributed by atoms with Gasteiger partial charge in [0.1, 0.15) is 16.4 Å². The van der Waals surface area contributed by atoms with Gasteiger partial charge < -0.3 is 21.0 Å². The molecule has 0 bridgehead atoms. The van der Waals surface area contributed by atoms with Gasteiger partial charge in [0.15, 0.2) is 5.84 Å². The molecule has 0 atom stereocenters. The van der Waals surface area contributed by atoms with Crippen molar-refractivity contribution in [1.29, 1.82) is 0 Å². The van der Waals surface area contributed by atoms with Gasteiger partial charge in [0.25, 0.3) is 5.91 Å². The summed E-state index contributed by atoms with van der Waals surface area (Å²) in [5, 5.41) is 20.0. The van der Waals surface area contributed by atoms with Crippen LogP contribution in [-0.4, -0.2) is 33.8 Å². The van der Waals surface area contributed by atoms with Crippen molar-refractivity contribution in [3.05, 3.63) is 28.1 Å². The minimum Gasteiger partial charge on any atom is -0.495 e. The number of hydrogen-bond donors (Lipinski definition) is 3. The Labute approximate surface area is 118 Å². The van der Waals surface area contributed by atoms with Crippen molar-refractivity contribution in [2.75, 3.05) is 12.4 Å². The maximum absolute atomic E-state index is 12.2. The third kappa shape index (κ3) is 2.43. The number of aromatic nitrogens is 2. The van der Waals surface area contributed by atoms with E-state index in [1.54, 1.807) is 18.5 Å². The summed E-state index contributed by atoms with van der Waals surface area (Å²) in [5.41, 5.74) is 5.86. The largest absolute Gasteiger partial charge is 0.495 e. The molecular weight excluding hydrogens is 282 g/mol. The summed E-state index contributed by atoms with van der Waals surface area (Å²) >= 11 is 1.25. The molecule has 0 aromatic carbocycles. The Morgan fingerprint density at radius 2 is 2.40 bits per heavy atom. The lowest BCUT2D eigenvalue weighted by molar-refractivity contribution is 0.102. The van der Waals surface area contributed by atoms with Gasteiger partial charge in [-0.15, -0.1) is 11.3 Å². The van der Waals surface area contributed by atoms with E-state index in [-0.39, 0.29) is 11.7 Å². The van der Waals surface area contributed by atoms with E-state index in [0.717, 1.165) is 0 Å². The van der Waals surface area contributed by atoms with Crippen molar-refractivity contribution in [2.24, 2.45) is 17.9 Å². The molecule has 2 aromatic rings. The number of thiophene rings is 1. The summed E-state index contributed by atoms with van der Waals surface area (Å²) in [6.45, 7) is 0. The molecule has 2 heterocycles. The minimum atomic E-state index is -0.354. The molecule has 1 amide bonds. The second-order valence-electron chi connectivity index (χ2n) is 3.79. The SMILES string of the molecule is COc1ccsc1C(=O)Nc1c(/C(N)=N/O)cnn1C. The molecule has 0 unspecified atom stereocenters. The van der Waals surface area contributed by atoms with Crippen LogP contribution in [0.3, 0.4) is 0 Å². The fourth-order valence-corrected chi connectivity index (χ4v) is 2.37. The van der Waals surface area contributed by atoms with E-state index in [2.05, 4.69) is 15.6 Å². The molecule has 4 N–H and O–H groups in total. The molecule has 0 spiro atoms. The Kier molecular flexibility index (Phi) is 3.89. The fourth-order valence-electron chi connectivity index (χ4n) is 1.62. The summed E-state index contributed by atoms with van der Waals surface area (Å²) in [6, 6.07) is 1.70. The molecule has 2 aromatic heterocycles. The number of anilines is 1. The van der Waals surface area contributed by atoms with Gasteiger partial charge in [-0.25, -0.2) is 0 Å². The van der Waals surface area contributed by atoms with Crippen molar-refractivity contribution in [3.63, 3.8) is 0 Å². The summed E-state index contributed by atoms with van der Waals surface area (Å²) in [7, 11) is 3.13. The lowest BCUT2D eigenvalue weighted by Crippen LogP contribution is -2.19. The Bertz CT molecular complexity index is 661. The smallest absolute Gasteiger partial charge is 0.270 e. The van der Waals surface area contributed by atoms with Crippen LogP contribution in [0.25, 0.3) is 0 Å². The number of amides is 1. The molecule has 0 radical (unpaired) electrons. The Hall–Kier alpha value is -2.55. The second kappa shape index (κ2) is 5.61. The molecule has 0 fully saturated rings. The van der Waals surface area contributed by atoms with Crippen LogP contribution in [-0.2, 0) is 7.05 Å². The highest BCUT2D eigenvalue weighted by Crippen LogP contribution is 2.26. The zero-order valence-electron chi connectivity index (χ0n) is 10.8. The number of carbonyl (C=O) groups excluding carboxylic acids is 1. The van der Waals surface area contributed by atoms with Crippen LogP contribution in [0.2, 0.25) is 0 Å². The Morgan fingerprint density at radius 3 is 3.05 bits per heavy atom. The number of carbonyl (C=O) groups is 1. The first kappa shape index (κ1) is 13.9. The highest BCUT2D eigenvalue weighted by atomic mass is 32.1. The maximum Gasteiger partial charge on any atom is 0.270 e. The Balaban J connectivity index is 2.31. The monoisotopic (exact) mass is 295 g/mol. The van der Waals surface area contributed by atoms with Crippen LogP contribution in [0.15, 0.2) is 22.8 Å². The van der Waals surface area contributed by atoms with Crippen molar-refractivity contribution in [2.45, 2.75) is 0 Å². The first-order chi connectivity index (χ1) is 9.58. The average Bonchev–Trinajstić information content (AvgIpc) is 3.05. The van der Waals surface area contributed by atoms with E-state index < -0.39 is 0 Å². The van der Waals surface area contributed by atoms with E-state index in [0.29, 0.717) is 22.0 Å². The third-order valence-corrected chi connectivity index (χ3v) is 3.50. The van der Waals surface area contributed by atoms with Gasteiger partial charge in [0, 0.05) is 7.05 Å². The van der Waals surface area contributed by atoms with E-state index in [1.807, 2.05) is 0 Å². The van der Waals surface area contributed by atoms with Crippen LogP contribution in [0.5, 0.6) is 5.75 Å². The van der Waals surface area contributed by atoms with Crippen LogP contribution < -0.4 is 15.8 Å². The highest BCUT2D eigenvalue weighted by Gasteiger charge is 2.19. The number of amidine groups is 1. The van der Waals surface area contributed by atoms with Gasteiger partial charge in [-0.3, -0.25) is 9.48 Å². The van der Waals surface area contributed by atoms with E-state index in [1.165, 1.54) is 29.3 Å². The summed E-state index contributed by atoms with van der Waals surface area (Å²) in [6.07, 6.45) is 1.40. The molecule has 2 rings (SSSR count). The number of nitrogens with two attached hydrogens (primary N) is 1. The molecule has 0 aliphatic carbocycles. The topological polar surface area (TPSA) is 115 Å². The molecule has 0 aliphatic rings. The maximum atomic E-state index is 12.2. The molecule has 0 saturated heterocycles. The molecule has 8 nitrogen and oxygen atoms in total. The predicted octanol–water partition coefficient (Wildman–Crippen LogP) is 0.837. The van der Waals surface area contributed by atoms with Gasteiger partial charge in [-0.1, -0.05) is 5.16 Å². The van der Waals surface area contributed by atoms with Crippen molar-refractivity contribution in [3.8, 4) is 5.75 Å².